The number of ether oxygens (including phenoxy) is 4. The predicted molar refractivity (Wildman–Crippen MR) is 400 cm³/mol. The van der Waals surface area contributed by atoms with Crippen LogP contribution in [0.5, 0.6) is 0 Å². The highest BCUT2D eigenvalue weighted by Gasteiger charge is 2.30. The largest absolute Gasteiger partial charge is 0.472 e. The minimum absolute atomic E-state index is 0.104. The molecule has 0 aromatic rings. The van der Waals surface area contributed by atoms with Gasteiger partial charge in [-0.2, -0.15) is 0 Å². The summed E-state index contributed by atoms with van der Waals surface area (Å²) in [4.78, 5) is 72.9. The lowest BCUT2D eigenvalue weighted by Gasteiger charge is -2.21. The van der Waals surface area contributed by atoms with E-state index in [-0.39, 0.29) is 25.7 Å². The zero-order chi connectivity index (χ0) is 72.4. The SMILES string of the molecule is CCC(C)CCCCCCCCC(=O)OC[C@H](COP(=O)(O)OC[C@H](O)COP(=O)(O)OC[C@@H](COC(=O)CCCCCCCCCCCCCCCCCC(C)C)OC(=O)CCCCCCCCCCCCCCCCCC(C)C)OC(=O)CCCCCCCCCCCC(C)C. The monoisotopic (exact) mass is 1440 g/mol. The second-order valence-corrected chi connectivity index (χ2v) is 33.0. The Kier molecular flexibility index (Phi) is 66.8. The van der Waals surface area contributed by atoms with Crippen LogP contribution in [0.4, 0.5) is 0 Å². The Balaban J connectivity index is 5.24. The average Bonchev–Trinajstić information content (AvgIpc) is 0.970. The van der Waals surface area contributed by atoms with Crippen LogP contribution in [0.25, 0.3) is 0 Å². The first-order valence-corrected chi connectivity index (χ1v) is 43.7. The molecule has 0 bridgehead atoms. The number of unbranched alkanes of at least 4 members (excludes halogenated alkanes) is 41. The first kappa shape index (κ1) is 96.1. The lowest BCUT2D eigenvalue weighted by atomic mass is 10.00. The van der Waals surface area contributed by atoms with Gasteiger partial charge in [0.2, 0.25) is 0 Å². The molecule has 3 unspecified atom stereocenters. The summed E-state index contributed by atoms with van der Waals surface area (Å²) in [5, 5.41) is 10.6. The van der Waals surface area contributed by atoms with Gasteiger partial charge >= 0.3 is 39.5 Å². The van der Waals surface area contributed by atoms with Crippen molar-refractivity contribution in [3.63, 3.8) is 0 Å². The lowest BCUT2D eigenvalue weighted by Crippen LogP contribution is -2.30. The van der Waals surface area contributed by atoms with Crippen molar-refractivity contribution < 1.29 is 80.2 Å². The Morgan fingerprint density at radius 2 is 0.490 bits per heavy atom. The molecule has 0 radical (unpaired) electrons. The van der Waals surface area contributed by atoms with Gasteiger partial charge in [0, 0.05) is 25.7 Å². The third-order valence-corrected chi connectivity index (χ3v) is 20.6. The van der Waals surface area contributed by atoms with Gasteiger partial charge in [-0.15, -0.1) is 0 Å². The van der Waals surface area contributed by atoms with E-state index in [2.05, 4.69) is 55.4 Å². The number of aliphatic hydroxyl groups is 1. The summed E-state index contributed by atoms with van der Waals surface area (Å²) >= 11 is 0. The van der Waals surface area contributed by atoms with Gasteiger partial charge in [-0.25, -0.2) is 9.13 Å². The summed E-state index contributed by atoms with van der Waals surface area (Å²) in [5.41, 5.74) is 0. The number of phosphoric ester groups is 2. The minimum Gasteiger partial charge on any atom is -0.462 e. The van der Waals surface area contributed by atoms with Crippen molar-refractivity contribution in [1.29, 1.82) is 0 Å². The summed E-state index contributed by atoms with van der Waals surface area (Å²) in [6.07, 6.45) is 54.2. The van der Waals surface area contributed by atoms with E-state index >= 15 is 0 Å². The van der Waals surface area contributed by atoms with Crippen LogP contribution in [0, 0.1) is 23.7 Å². The molecule has 0 saturated carbocycles. The van der Waals surface area contributed by atoms with E-state index in [1.54, 1.807) is 0 Å². The first-order chi connectivity index (χ1) is 47.1. The van der Waals surface area contributed by atoms with Crippen LogP contribution in [0.1, 0.15) is 402 Å². The standard InChI is InChI=1S/C79H154O17P2/c1-9-72(8)58-50-42-37-38-44-52-60-77(82)90-66-75(96-79(84)62-54-46-36-30-24-27-33-41-49-57-71(6)7)68-94-98(87,88)92-64-73(80)63-91-97(85,86)93-67-74(95-78(83)61-53-45-35-29-23-19-15-11-13-17-21-26-32-40-48-56-70(4)5)65-89-76(81)59-51-43-34-28-22-18-14-10-12-16-20-25-31-39-47-55-69(2)3/h69-75,80H,9-68H2,1-8H3,(H,85,86)(H,87,88)/t72?,73-,74-,75-/m1/s1. The van der Waals surface area contributed by atoms with Crippen molar-refractivity contribution in [1.82, 2.24) is 0 Å². The molecule has 0 aliphatic carbocycles. The lowest BCUT2D eigenvalue weighted by molar-refractivity contribution is -0.161. The molecule has 0 heterocycles. The molecule has 0 fully saturated rings. The van der Waals surface area contributed by atoms with Gasteiger partial charge in [0.1, 0.15) is 19.3 Å². The van der Waals surface area contributed by atoms with E-state index in [1.807, 2.05) is 0 Å². The maximum absolute atomic E-state index is 13.1. The molecule has 0 rings (SSSR count). The normalized spacial score (nSPS) is 14.3. The molecule has 17 nitrogen and oxygen atoms in total. The van der Waals surface area contributed by atoms with Gasteiger partial charge < -0.3 is 33.8 Å². The summed E-state index contributed by atoms with van der Waals surface area (Å²) in [6.45, 7) is 14.2. The molecule has 0 aromatic carbocycles. The predicted octanol–water partition coefficient (Wildman–Crippen LogP) is 23.2. The maximum atomic E-state index is 13.1. The van der Waals surface area contributed by atoms with Crippen molar-refractivity contribution in [2.24, 2.45) is 23.7 Å². The summed E-state index contributed by atoms with van der Waals surface area (Å²) < 4.78 is 68.6. The Morgan fingerprint density at radius 3 is 0.724 bits per heavy atom. The van der Waals surface area contributed by atoms with Crippen LogP contribution < -0.4 is 0 Å². The fourth-order valence-corrected chi connectivity index (χ4v) is 13.6. The van der Waals surface area contributed by atoms with Crippen LogP contribution in [0.3, 0.4) is 0 Å². The van der Waals surface area contributed by atoms with Crippen LogP contribution in [0.15, 0.2) is 0 Å². The number of phosphoric acid groups is 2. The second kappa shape index (κ2) is 68.2. The molecule has 3 N–H and O–H groups in total. The highest BCUT2D eigenvalue weighted by Crippen LogP contribution is 2.45. The average molecular weight is 1440 g/mol. The first-order valence-electron chi connectivity index (χ1n) is 40.7. The Morgan fingerprint density at radius 1 is 0.286 bits per heavy atom. The highest BCUT2D eigenvalue weighted by atomic mass is 31.2. The van der Waals surface area contributed by atoms with Crippen LogP contribution in [-0.4, -0.2) is 96.7 Å². The fraction of sp³-hybridized carbons (Fsp3) is 0.949. The van der Waals surface area contributed by atoms with E-state index in [0.717, 1.165) is 120 Å². The van der Waals surface area contributed by atoms with Gasteiger partial charge in [-0.3, -0.25) is 37.3 Å². The molecule has 98 heavy (non-hydrogen) atoms. The highest BCUT2D eigenvalue weighted by molar-refractivity contribution is 7.47. The van der Waals surface area contributed by atoms with E-state index in [4.69, 9.17) is 37.0 Å². The van der Waals surface area contributed by atoms with Crippen LogP contribution in [0.2, 0.25) is 0 Å². The molecule has 0 aliphatic heterocycles. The fourth-order valence-electron chi connectivity index (χ4n) is 12.0. The van der Waals surface area contributed by atoms with Crippen LogP contribution in [-0.2, 0) is 65.4 Å². The summed E-state index contributed by atoms with van der Waals surface area (Å²) in [7, 11) is -9.92. The second-order valence-electron chi connectivity index (χ2n) is 30.1. The quantitative estimate of drug-likeness (QED) is 0.0222. The van der Waals surface area contributed by atoms with Crippen molar-refractivity contribution in [3.05, 3.63) is 0 Å². The Labute approximate surface area is 600 Å². The number of hydrogen-bond acceptors (Lipinski definition) is 15. The minimum atomic E-state index is -4.96. The van der Waals surface area contributed by atoms with Gasteiger partial charge in [-0.05, 0) is 49.4 Å². The van der Waals surface area contributed by atoms with Gasteiger partial charge in [0.05, 0.1) is 26.4 Å². The molecular weight excluding hydrogens is 1280 g/mol. The van der Waals surface area contributed by atoms with E-state index < -0.39 is 97.5 Å². The van der Waals surface area contributed by atoms with E-state index in [9.17, 15) is 43.2 Å². The third-order valence-electron chi connectivity index (χ3n) is 18.7. The van der Waals surface area contributed by atoms with Gasteiger partial charge in [0.15, 0.2) is 12.2 Å². The number of esters is 4. The van der Waals surface area contributed by atoms with E-state index in [1.165, 1.54) is 199 Å². The number of carbonyl (C=O) groups is 4. The van der Waals surface area contributed by atoms with E-state index in [0.29, 0.717) is 25.7 Å². The Bertz CT molecular complexity index is 1920. The topological polar surface area (TPSA) is 237 Å². The molecule has 0 amide bonds. The summed E-state index contributed by atoms with van der Waals surface area (Å²) in [6, 6.07) is 0. The van der Waals surface area contributed by atoms with Gasteiger partial charge in [-0.1, -0.05) is 351 Å². The number of carbonyl (C=O) groups excluding carboxylic acids is 4. The van der Waals surface area contributed by atoms with Crippen LogP contribution >= 0.6 is 15.6 Å². The Hall–Kier alpha value is -1.94. The maximum Gasteiger partial charge on any atom is 0.472 e. The number of aliphatic hydroxyl groups excluding tert-OH is 1. The molecular formula is C79H154O17P2. The van der Waals surface area contributed by atoms with Crippen molar-refractivity contribution >= 4 is 39.5 Å². The zero-order valence-corrected chi connectivity index (χ0v) is 66.2. The molecule has 6 atom stereocenters. The number of hydrogen-bond donors (Lipinski definition) is 3. The zero-order valence-electron chi connectivity index (χ0n) is 64.4. The third kappa shape index (κ3) is 71.1. The van der Waals surface area contributed by atoms with Gasteiger partial charge in [0.25, 0.3) is 0 Å². The molecule has 0 aromatic heterocycles. The molecule has 19 heteroatoms. The van der Waals surface area contributed by atoms with Crippen molar-refractivity contribution in [2.75, 3.05) is 39.6 Å². The molecule has 0 saturated heterocycles. The molecule has 582 valence electrons. The molecule has 0 aliphatic rings. The summed E-state index contributed by atoms with van der Waals surface area (Å²) in [5.74, 6) is 0.958. The van der Waals surface area contributed by atoms with Crippen molar-refractivity contribution in [2.45, 2.75) is 420 Å². The van der Waals surface area contributed by atoms with Crippen molar-refractivity contribution in [3.8, 4) is 0 Å². The smallest absolute Gasteiger partial charge is 0.462 e. The number of rotatable bonds is 76. The molecule has 0 spiro atoms.